The highest BCUT2D eigenvalue weighted by Crippen LogP contribution is 2.24. The van der Waals surface area contributed by atoms with E-state index in [1.54, 1.807) is 0 Å². The number of rotatable bonds is 1. The van der Waals surface area contributed by atoms with E-state index in [4.69, 9.17) is 4.74 Å². The minimum absolute atomic E-state index is 0.629. The molecule has 0 amide bonds. The Labute approximate surface area is 67.0 Å². The molecule has 57 valence electrons. The zero-order valence-corrected chi connectivity index (χ0v) is 6.42. The van der Waals surface area contributed by atoms with Crippen LogP contribution in [0.1, 0.15) is 17.9 Å². The van der Waals surface area contributed by atoms with E-state index in [-0.39, 0.29) is 0 Å². The van der Waals surface area contributed by atoms with Crippen LogP contribution in [0.5, 0.6) is 0 Å². The van der Waals surface area contributed by atoms with Crippen LogP contribution in [-0.2, 0) is 4.74 Å². The van der Waals surface area contributed by atoms with Gasteiger partial charge < -0.3 is 4.74 Å². The fourth-order valence-electron chi connectivity index (χ4n) is 1.47. The first-order chi connectivity index (χ1) is 5.47. The minimum Gasteiger partial charge on any atom is -0.381 e. The maximum Gasteiger partial charge on any atom is 0.0535 e. The van der Waals surface area contributed by atoms with Crippen LogP contribution in [0.2, 0.25) is 0 Å². The monoisotopic (exact) mass is 147 g/mol. The standard InChI is InChI=1S/C10H11O/c1-2-4-9(5-3-1)10-6-7-11-8-10/h2-5,10H,6-8H2. The van der Waals surface area contributed by atoms with Gasteiger partial charge in [-0.05, 0) is 18.1 Å². The van der Waals surface area contributed by atoms with Gasteiger partial charge in [0.15, 0.2) is 0 Å². The summed E-state index contributed by atoms with van der Waals surface area (Å²) in [6, 6.07) is 11.2. The second kappa shape index (κ2) is 3.05. The maximum absolute atomic E-state index is 5.30. The van der Waals surface area contributed by atoms with Crippen molar-refractivity contribution < 1.29 is 4.74 Å². The average Bonchev–Trinajstić information content (AvgIpc) is 2.58. The Kier molecular flexibility index (Phi) is 1.91. The van der Waals surface area contributed by atoms with Crippen molar-refractivity contribution in [3.05, 3.63) is 35.9 Å². The zero-order chi connectivity index (χ0) is 7.52. The van der Waals surface area contributed by atoms with Crippen molar-refractivity contribution in [3.63, 3.8) is 0 Å². The summed E-state index contributed by atoms with van der Waals surface area (Å²) in [6.45, 7) is 1.81. The molecule has 0 saturated carbocycles. The van der Waals surface area contributed by atoms with E-state index in [1.807, 2.05) is 12.1 Å². The normalized spacial score (nSPS) is 23.8. The maximum atomic E-state index is 5.30. The smallest absolute Gasteiger partial charge is 0.0535 e. The number of ether oxygens (including phenoxy) is 1. The van der Waals surface area contributed by atoms with E-state index >= 15 is 0 Å². The summed E-state index contributed by atoms with van der Waals surface area (Å²) in [4.78, 5) is 0. The summed E-state index contributed by atoms with van der Waals surface area (Å²) in [5, 5.41) is 0. The second-order valence-electron chi connectivity index (χ2n) is 2.89. The summed E-state index contributed by atoms with van der Waals surface area (Å²) in [5.41, 5.74) is 1.39. The van der Waals surface area contributed by atoms with E-state index in [9.17, 15) is 0 Å². The molecule has 0 aliphatic carbocycles. The van der Waals surface area contributed by atoms with Crippen molar-refractivity contribution in [3.8, 4) is 0 Å². The van der Waals surface area contributed by atoms with E-state index in [0.717, 1.165) is 13.2 Å². The topological polar surface area (TPSA) is 9.23 Å². The van der Waals surface area contributed by atoms with Crippen LogP contribution in [0.4, 0.5) is 0 Å². The first-order valence-electron chi connectivity index (χ1n) is 4.00. The molecule has 2 rings (SSSR count). The lowest BCUT2D eigenvalue weighted by Crippen LogP contribution is -1.95. The molecule has 1 aliphatic heterocycles. The molecule has 0 N–H and O–H groups in total. The zero-order valence-electron chi connectivity index (χ0n) is 6.42. The van der Waals surface area contributed by atoms with E-state index in [2.05, 4.69) is 18.2 Å². The fraction of sp³-hybridized carbons (Fsp3) is 0.400. The first kappa shape index (κ1) is 6.86. The molecule has 0 spiro atoms. The lowest BCUT2D eigenvalue weighted by molar-refractivity contribution is 0.194. The molecule has 1 fully saturated rings. The molecule has 1 heterocycles. The van der Waals surface area contributed by atoms with Crippen LogP contribution in [0.3, 0.4) is 0 Å². The lowest BCUT2D eigenvalue weighted by Gasteiger charge is -2.05. The number of benzene rings is 1. The third-order valence-electron chi connectivity index (χ3n) is 2.15. The summed E-state index contributed by atoms with van der Waals surface area (Å²) < 4.78 is 5.30. The molecule has 11 heavy (non-hydrogen) atoms. The van der Waals surface area contributed by atoms with Gasteiger partial charge in [-0.15, -0.1) is 0 Å². The van der Waals surface area contributed by atoms with Crippen LogP contribution in [0.25, 0.3) is 0 Å². The van der Waals surface area contributed by atoms with Crippen molar-refractivity contribution in [1.82, 2.24) is 0 Å². The molecule has 1 atom stereocenters. The van der Waals surface area contributed by atoms with Crippen molar-refractivity contribution in [2.75, 3.05) is 13.2 Å². The van der Waals surface area contributed by atoms with E-state index < -0.39 is 0 Å². The predicted octanol–water partition coefficient (Wildman–Crippen LogP) is 1.99. The Morgan fingerprint density at radius 2 is 2.18 bits per heavy atom. The highest BCUT2D eigenvalue weighted by atomic mass is 16.5. The fourth-order valence-corrected chi connectivity index (χ4v) is 1.47. The molecular formula is C10H11O. The number of hydrogen-bond donors (Lipinski definition) is 0. The van der Waals surface area contributed by atoms with Gasteiger partial charge in [0.25, 0.3) is 0 Å². The van der Waals surface area contributed by atoms with Crippen LogP contribution in [0, 0.1) is 6.07 Å². The molecule has 1 unspecified atom stereocenters. The van der Waals surface area contributed by atoms with Crippen molar-refractivity contribution in [1.29, 1.82) is 0 Å². The third-order valence-corrected chi connectivity index (χ3v) is 2.15. The van der Waals surface area contributed by atoms with Gasteiger partial charge in [-0.2, -0.15) is 0 Å². The van der Waals surface area contributed by atoms with Crippen molar-refractivity contribution >= 4 is 0 Å². The quantitative estimate of drug-likeness (QED) is 0.590. The molecule has 1 aromatic carbocycles. The second-order valence-corrected chi connectivity index (χ2v) is 2.89. The molecule has 1 radical (unpaired) electrons. The van der Waals surface area contributed by atoms with Crippen LogP contribution < -0.4 is 0 Å². The molecule has 0 bridgehead atoms. The van der Waals surface area contributed by atoms with Gasteiger partial charge in [-0.3, -0.25) is 0 Å². The largest absolute Gasteiger partial charge is 0.381 e. The molecule has 0 aromatic heterocycles. The lowest BCUT2D eigenvalue weighted by atomic mass is 9.99. The van der Waals surface area contributed by atoms with Gasteiger partial charge >= 0.3 is 0 Å². The van der Waals surface area contributed by atoms with Crippen LogP contribution in [0.15, 0.2) is 24.3 Å². The van der Waals surface area contributed by atoms with Gasteiger partial charge in [-0.25, -0.2) is 0 Å². The SMILES string of the molecule is [c]1ccc(C2CCOC2)cc1. The molecule has 1 aromatic rings. The minimum atomic E-state index is 0.629. The van der Waals surface area contributed by atoms with Gasteiger partial charge in [0.05, 0.1) is 6.61 Å². The molecule has 1 heteroatoms. The van der Waals surface area contributed by atoms with Crippen LogP contribution >= 0.6 is 0 Å². The summed E-state index contributed by atoms with van der Waals surface area (Å²) in [6.07, 6.45) is 1.17. The average molecular weight is 147 g/mol. The summed E-state index contributed by atoms with van der Waals surface area (Å²) in [5.74, 6) is 0.629. The molecule has 1 saturated heterocycles. The Bertz CT molecular complexity index is 212. The molecule has 1 aliphatic rings. The third kappa shape index (κ3) is 1.43. The number of hydrogen-bond acceptors (Lipinski definition) is 1. The van der Waals surface area contributed by atoms with Gasteiger partial charge in [-0.1, -0.05) is 24.3 Å². The predicted molar refractivity (Wildman–Crippen MR) is 43.5 cm³/mol. The van der Waals surface area contributed by atoms with Gasteiger partial charge in [0.2, 0.25) is 0 Å². The Morgan fingerprint density at radius 1 is 1.36 bits per heavy atom. The summed E-state index contributed by atoms with van der Waals surface area (Å²) in [7, 11) is 0. The van der Waals surface area contributed by atoms with Crippen LogP contribution in [-0.4, -0.2) is 13.2 Å². The first-order valence-corrected chi connectivity index (χ1v) is 4.00. The highest BCUT2D eigenvalue weighted by Gasteiger charge is 2.16. The Hall–Kier alpha value is -0.820. The highest BCUT2D eigenvalue weighted by molar-refractivity contribution is 5.19. The Morgan fingerprint density at radius 3 is 2.82 bits per heavy atom. The van der Waals surface area contributed by atoms with E-state index in [1.165, 1.54) is 12.0 Å². The Balaban J connectivity index is 2.16. The van der Waals surface area contributed by atoms with Crippen molar-refractivity contribution in [2.45, 2.75) is 12.3 Å². The van der Waals surface area contributed by atoms with Crippen molar-refractivity contribution in [2.24, 2.45) is 0 Å². The van der Waals surface area contributed by atoms with E-state index in [0.29, 0.717) is 5.92 Å². The van der Waals surface area contributed by atoms with Gasteiger partial charge in [0, 0.05) is 12.5 Å². The van der Waals surface area contributed by atoms with Gasteiger partial charge in [0.1, 0.15) is 0 Å². The molecule has 1 nitrogen and oxygen atoms in total. The summed E-state index contributed by atoms with van der Waals surface area (Å²) >= 11 is 0. The molecular weight excluding hydrogens is 136 g/mol.